The van der Waals surface area contributed by atoms with Crippen molar-refractivity contribution in [3.05, 3.63) is 70.6 Å². The van der Waals surface area contributed by atoms with Crippen molar-refractivity contribution in [3.63, 3.8) is 0 Å². The van der Waals surface area contributed by atoms with E-state index in [1.807, 2.05) is 19.9 Å². The quantitative estimate of drug-likeness (QED) is 0.518. The van der Waals surface area contributed by atoms with Gasteiger partial charge in [0.15, 0.2) is 17.6 Å². The molecule has 0 aliphatic carbocycles. The van der Waals surface area contributed by atoms with E-state index in [-0.39, 0.29) is 25.5 Å². The van der Waals surface area contributed by atoms with Crippen LogP contribution in [0.4, 0.5) is 0 Å². The zero-order valence-electron chi connectivity index (χ0n) is 18.5. The van der Waals surface area contributed by atoms with Crippen molar-refractivity contribution in [1.82, 2.24) is 10.5 Å². The molecule has 1 aromatic heterocycles. The molecular weight excluding hydrogens is 428 g/mol. The second kappa shape index (κ2) is 9.64. The molecule has 33 heavy (non-hydrogen) atoms. The first kappa shape index (κ1) is 22.2. The van der Waals surface area contributed by atoms with E-state index in [2.05, 4.69) is 10.5 Å². The summed E-state index contributed by atoms with van der Waals surface area (Å²) in [5.74, 6) is 1.45. The van der Waals surface area contributed by atoms with Crippen LogP contribution in [-0.4, -0.2) is 29.9 Å². The number of rotatable bonds is 8. The molecule has 0 spiro atoms. The van der Waals surface area contributed by atoms with Crippen LogP contribution >= 0.6 is 0 Å². The molecule has 0 saturated carbocycles. The Hall–Kier alpha value is -4.01. The van der Waals surface area contributed by atoms with E-state index in [0.717, 1.165) is 16.8 Å². The van der Waals surface area contributed by atoms with Crippen LogP contribution in [0.1, 0.15) is 39.9 Å². The van der Waals surface area contributed by atoms with Crippen molar-refractivity contribution < 1.29 is 33.1 Å². The lowest BCUT2D eigenvalue weighted by atomic mass is 10.2. The zero-order valence-corrected chi connectivity index (χ0v) is 18.5. The molecule has 1 aliphatic heterocycles. The highest BCUT2D eigenvalue weighted by Crippen LogP contribution is 2.32. The molecule has 2 heterocycles. The van der Waals surface area contributed by atoms with Crippen molar-refractivity contribution in [2.24, 2.45) is 0 Å². The van der Waals surface area contributed by atoms with Crippen molar-refractivity contribution in [1.29, 1.82) is 0 Å². The molecule has 0 radical (unpaired) electrons. The van der Waals surface area contributed by atoms with Crippen LogP contribution in [0.2, 0.25) is 0 Å². The Balaban J connectivity index is 1.29. The van der Waals surface area contributed by atoms with Crippen LogP contribution in [0.25, 0.3) is 0 Å². The lowest BCUT2D eigenvalue weighted by Gasteiger charge is -2.14. The highest BCUT2D eigenvalue weighted by Gasteiger charge is 2.20. The van der Waals surface area contributed by atoms with Gasteiger partial charge in [-0.1, -0.05) is 17.3 Å². The summed E-state index contributed by atoms with van der Waals surface area (Å²) in [6, 6.07) is 12.0. The molecule has 172 valence electrons. The van der Waals surface area contributed by atoms with E-state index in [1.54, 1.807) is 36.4 Å². The number of amides is 1. The van der Waals surface area contributed by atoms with Gasteiger partial charge in [0.25, 0.3) is 5.91 Å². The van der Waals surface area contributed by atoms with Gasteiger partial charge in [0.05, 0.1) is 16.8 Å². The van der Waals surface area contributed by atoms with Crippen molar-refractivity contribution in [3.8, 4) is 17.2 Å². The maximum absolute atomic E-state index is 12.5. The molecule has 2 aromatic carbocycles. The highest BCUT2D eigenvalue weighted by molar-refractivity contribution is 5.92. The van der Waals surface area contributed by atoms with Crippen molar-refractivity contribution in [2.75, 3.05) is 6.79 Å². The number of nitrogens with zero attached hydrogens (tertiary/aromatic N) is 1. The zero-order chi connectivity index (χ0) is 23.4. The fraction of sp³-hybridized carbons (Fsp3) is 0.292. The summed E-state index contributed by atoms with van der Waals surface area (Å²) in [4.78, 5) is 24.9. The van der Waals surface area contributed by atoms with Gasteiger partial charge < -0.3 is 28.8 Å². The SMILES string of the molecule is Cc1noc(C)c1COc1cccc(C(=O)O[C@H](C)C(=O)NCc2ccc3c(c2)OCO3)c1. The van der Waals surface area contributed by atoms with E-state index in [1.165, 1.54) is 6.92 Å². The predicted octanol–water partition coefficient (Wildman–Crippen LogP) is 3.46. The molecule has 1 atom stereocenters. The summed E-state index contributed by atoms with van der Waals surface area (Å²) in [6.45, 7) is 5.88. The van der Waals surface area contributed by atoms with Gasteiger partial charge in [-0.25, -0.2) is 4.79 Å². The van der Waals surface area contributed by atoms with Crippen LogP contribution in [-0.2, 0) is 22.7 Å². The smallest absolute Gasteiger partial charge is 0.339 e. The second-order valence-electron chi connectivity index (χ2n) is 7.57. The van der Waals surface area contributed by atoms with E-state index in [0.29, 0.717) is 23.0 Å². The molecule has 9 heteroatoms. The van der Waals surface area contributed by atoms with Crippen LogP contribution in [0.5, 0.6) is 17.2 Å². The fourth-order valence-corrected chi connectivity index (χ4v) is 3.24. The maximum Gasteiger partial charge on any atom is 0.339 e. The monoisotopic (exact) mass is 452 g/mol. The van der Waals surface area contributed by atoms with E-state index in [4.69, 9.17) is 23.5 Å². The minimum Gasteiger partial charge on any atom is -0.489 e. The topological polar surface area (TPSA) is 109 Å². The summed E-state index contributed by atoms with van der Waals surface area (Å²) in [7, 11) is 0. The van der Waals surface area contributed by atoms with Crippen molar-refractivity contribution in [2.45, 2.75) is 40.0 Å². The van der Waals surface area contributed by atoms with Crippen LogP contribution in [0.15, 0.2) is 47.0 Å². The summed E-state index contributed by atoms with van der Waals surface area (Å²) in [5, 5.41) is 6.65. The molecule has 1 amide bonds. The first-order chi connectivity index (χ1) is 15.9. The average Bonchev–Trinajstić information content (AvgIpc) is 3.41. The number of carbonyl (C=O) groups is 2. The van der Waals surface area contributed by atoms with Crippen molar-refractivity contribution >= 4 is 11.9 Å². The number of carbonyl (C=O) groups excluding carboxylic acids is 2. The van der Waals surface area contributed by atoms with Gasteiger partial charge in [0.1, 0.15) is 18.1 Å². The number of aryl methyl sites for hydroxylation is 2. The number of hydrogen-bond donors (Lipinski definition) is 1. The van der Waals surface area contributed by atoms with E-state index >= 15 is 0 Å². The highest BCUT2D eigenvalue weighted by atomic mass is 16.7. The minimum absolute atomic E-state index is 0.185. The molecule has 1 aliphatic rings. The first-order valence-corrected chi connectivity index (χ1v) is 10.4. The standard InChI is InChI=1S/C24H24N2O7/c1-14-20(15(2)33-26-14)12-29-19-6-4-5-18(10-19)24(28)32-16(3)23(27)25-11-17-7-8-21-22(9-17)31-13-30-21/h4-10,16H,11-13H2,1-3H3,(H,25,27)/t16-/m1/s1. The maximum atomic E-state index is 12.5. The van der Waals surface area contributed by atoms with Crippen LogP contribution in [0.3, 0.4) is 0 Å². The predicted molar refractivity (Wildman–Crippen MR) is 116 cm³/mol. The Labute approximate surface area is 190 Å². The Morgan fingerprint density at radius 1 is 1.12 bits per heavy atom. The Kier molecular flexibility index (Phi) is 6.48. The Morgan fingerprint density at radius 3 is 2.73 bits per heavy atom. The number of aromatic nitrogens is 1. The van der Waals surface area contributed by atoms with Gasteiger partial charge in [-0.15, -0.1) is 0 Å². The summed E-state index contributed by atoms with van der Waals surface area (Å²) >= 11 is 0. The first-order valence-electron chi connectivity index (χ1n) is 10.4. The fourth-order valence-electron chi connectivity index (χ4n) is 3.24. The number of fused-ring (bicyclic) bond motifs is 1. The molecule has 1 N–H and O–H groups in total. The number of nitrogens with one attached hydrogen (secondary N) is 1. The van der Waals surface area contributed by atoms with Gasteiger partial charge >= 0.3 is 5.97 Å². The van der Waals surface area contributed by atoms with Gasteiger partial charge in [0.2, 0.25) is 6.79 Å². The third-order valence-corrected chi connectivity index (χ3v) is 5.19. The number of benzene rings is 2. The summed E-state index contributed by atoms with van der Waals surface area (Å²) in [5.41, 5.74) is 2.73. The molecule has 4 rings (SSSR count). The third kappa shape index (κ3) is 5.25. The average molecular weight is 452 g/mol. The van der Waals surface area contributed by atoms with Crippen LogP contribution < -0.4 is 19.5 Å². The molecule has 0 unspecified atom stereocenters. The van der Waals surface area contributed by atoms with Gasteiger partial charge in [-0.3, -0.25) is 4.79 Å². The largest absolute Gasteiger partial charge is 0.489 e. The Bertz CT molecular complexity index is 1150. The summed E-state index contributed by atoms with van der Waals surface area (Å²) < 4.78 is 26.8. The Morgan fingerprint density at radius 2 is 1.94 bits per heavy atom. The van der Waals surface area contributed by atoms with Gasteiger partial charge in [0, 0.05) is 6.54 Å². The summed E-state index contributed by atoms with van der Waals surface area (Å²) in [6.07, 6.45) is -0.974. The molecule has 3 aromatic rings. The molecular formula is C24H24N2O7. The lowest BCUT2D eigenvalue weighted by molar-refractivity contribution is -0.129. The second-order valence-corrected chi connectivity index (χ2v) is 7.57. The van der Waals surface area contributed by atoms with E-state index in [9.17, 15) is 9.59 Å². The van der Waals surface area contributed by atoms with E-state index < -0.39 is 18.0 Å². The third-order valence-electron chi connectivity index (χ3n) is 5.19. The van der Waals surface area contributed by atoms with Gasteiger partial charge in [-0.05, 0) is 56.7 Å². The minimum atomic E-state index is -0.974. The number of hydrogen-bond acceptors (Lipinski definition) is 8. The number of ether oxygens (including phenoxy) is 4. The normalized spacial score (nSPS) is 12.8. The van der Waals surface area contributed by atoms with Gasteiger partial charge in [-0.2, -0.15) is 0 Å². The lowest BCUT2D eigenvalue weighted by Crippen LogP contribution is -2.35. The molecule has 9 nitrogen and oxygen atoms in total. The van der Waals surface area contributed by atoms with Crippen LogP contribution in [0, 0.1) is 13.8 Å². The molecule has 0 fully saturated rings. The molecule has 0 bridgehead atoms. The molecule has 0 saturated heterocycles. The number of esters is 1.